The van der Waals surface area contributed by atoms with Gasteiger partial charge in [0, 0.05) is 11.3 Å². The van der Waals surface area contributed by atoms with E-state index in [4.69, 9.17) is 10.8 Å². The quantitative estimate of drug-likeness (QED) is 0.707. The standard InChI is InChI=1S/C14H20N2O3/c1-4-8(2)12(14(18)19)16-13(17)10-6-5-9(3)11(15)7-10/h5-8,12H,4,15H2,1-3H3,(H,16,17)(H,18,19). The summed E-state index contributed by atoms with van der Waals surface area (Å²) < 4.78 is 0. The summed E-state index contributed by atoms with van der Waals surface area (Å²) in [5.74, 6) is -1.58. The Morgan fingerprint density at radius 2 is 2.05 bits per heavy atom. The average molecular weight is 264 g/mol. The first-order valence-electron chi connectivity index (χ1n) is 6.26. The van der Waals surface area contributed by atoms with Gasteiger partial charge in [-0.25, -0.2) is 4.79 Å². The van der Waals surface area contributed by atoms with Gasteiger partial charge >= 0.3 is 5.97 Å². The zero-order valence-electron chi connectivity index (χ0n) is 11.4. The zero-order chi connectivity index (χ0) is 14.6. The number of hydrogen-bond acceptors (Lipinski definition) is 3. The SMILES string of the molecule is CCC(C)C(NC(=O)c1ccc(C)c(N)c1)C(=O)O. The molecule has 4 N–H and O–H groups in total. The number of anilines is 1. The summed E-state index contributed by atoms with van der Waals surface area (Å²) in [5, 5.41) is 11.7. The fourth-order valence-electron chi connectivity index (χ4n) is 1.69. The number of aryl methyl sites for hydroxylation is 1. The molecule has 1 aromatic rings. The number of carboxylic acid groups (broad SMARTS) is 1. The van der Waals surface area contributed by atoms with Crippen LogP contribution in [0.4, 0.5) is 5.69 Å². The van der Waals surface area contributed by atoms with E-state index in [-0.39, 0.29) is 5.92 Å². The Balaban J connectivity index is 2.87. The molecule has 5 heteroatoms. The van der Waals surface area contributed by atoms with Crippen molar-refractivity contribution in [1.29, 1.82) is 0 Å². The van der Waals surface area contributed by atoms with E-state index in [0.717, 1.165) is 5.56 Å². The van der Waals surface area contributed by atoms with Gasteiger partial charge in [0.15, 0.2) is 0 Å². The van der Waals surface area contributed by atoms with E-state index in [9.17, 15) is 9.59 Å². The molecular weight excluding hydrogens is 244 g/mol. The number of carbonyl (C=O) groups is 2. The van der Waals surface area contributed by atoms with Crippen molar-refractivity contribution in [1.82, 2.24) is 5.32 Å². The molecule has 0 aliphatic carbocycles. The van der Waals surface area contributed by atoms with Crippen molar-refractivity contribution in [3.05, 3.63) is 29.3 Å². The van der Waals surface area contributed by atoms with Gasteiger partial charge in [0.1, 0.15) is 6.04 Å². The molecule has 0 radical (unpaired) electrons. The topological polar surface area (TPSA) is 92.4 Å². The Morgan fingerprint density at radius 3 is 2.53 bits per heavy atom. The third kappa shape index (κ3) is 3.71. The van der Waals surface area contributed by atoms with Gasteiger partial charge < -0.3 is 16.2 Å². The number of amides is 1. The predicted octanol–water partition coefficient (Wildman–Crippen LogP) is 1.81. The maximum Gasteiger partial charge on any atom is 0.326 e. The number of carbonyl (C=O) groups excluding carboxylic acids is 1. The Labute approximate surface area is 112 Å². The number of nitrogen functional groups attached to an aromatic ring is 1. The van der Waals surface area contributed by atoms with E-state index in [1.54, 1.807) is 25.1 Å². The number of aliphatic carboxylic acids is 1. The van der Waals surface area contributed by atoms with Crippen LogP contribution in [0.15, 0.2) is 18.2 Å². The molecule has 0 heterocycles. The van der Waals surface area contributed by atoms with E-state index < -0.39 is 17.9 Å². The van der Waals surface area contributed by atoms with Gasteiger partial charge in [0.2, 0.25) is 0 Å². The molecule has 0 aromatic heterocycles. The second-order valence-electron chi connectivity index (χ2n) is 4.75. The van der Waals surface area contributed by atoms with Crippen molar-refractivity contribution in [2.75, 3.05) is 5.73 Å². The molecule has 1 rings (SSSR count). The summed E-state index contributed by atoms with van der Waals surface area (Å²) >= 11 is 0. The molecule has 1 amide bonds. The first-order valence-corrected chi connectivity index (χ1v) is 6.26. The monoisotopic (exact) mass is 264 g/mol. The van der Waals surface area contributed by atoms with Crippen LogP contribution in [0.5, 0.6) is 0 Å². The molecule has 0 saturated heterocycles. The minimum atomic E-state index is -1.03. The van der Waals surface area contributed by atoms with Gasteiger partial charge in [-0.1, -0.05) is 26.3 Å². The van der Waals surface area contributed by atoms with Crippen molar-refractivity contribution in [3.63, 3.8) is 0 Å². The second-order valence-corrected chi connectivity index (χ2v) is 4.75. The van der Waals surface area contributed by atoms with Gasteiger partial charge in [-0.2, -0.15) is 0 Å². The Morgan fingerprint density at radius 1 is 1.42 bits per heavy atom. The molecule has 0 bridgehead atoms. The Hall–Kier alpha value is -2.04. The lowest BCUT2D eigenvalue weighted by molar-refractivity contribution is -0.140. The van der Waals surface area contributed by atoms with Crippen molar-refractivity contribution in [3.8, 4) is 0 Å². The minimum Gasteiger partial charge on any atom is -0.480 e. The minimum absolute atomic E-state index is 0.135. The highest BCUT2D eigenvalue weighted by Gasteiger charge is 2.25. The zero-order valence-corrected chi connectivity index (χ0v) is 11.4. The average Bonchev–Trinajstić information content (AvgIpc) is 2.37. The van der Waals surface area contributed by atoms with Crippen LogP contribution in [0.2, 0.25) is 0 Å². The summed E-state index contributed by atoms with van der Waals surface area (Å²) in [6.45, 7) is 5.52. The number of benzene rings is 1. The van der Waals surface area contributed by atoms with Gasteiger partial charge in [0.05, 0.1) is 0 Å². The first kappa shape index (κ1) is 15.0. The number of carboxylic acids is 1. The number of nitrogens with one attached hydrogen (secondary N) is 1. The Kier molecular flexibility index (Phi) is 4.92. The third-order valence-electron chi connectivity index (χ3n) is 3.31. The van der Waals surface area contributed by atoms with Crippen molar-refractivity contribution in [2.45, 2.75) is 33.2 Å². The lowest BCUT2D eigenvalue weighted by atomic mass is 9.98. The number of rotatable bonds is 5. The molecule has 0 spiro atoms. The van der Waals surface area contributed by atoms with Crippen molar-refractivity contribution in [2.24, 2.45) is 5.92 Å². The maximum absolute atomic E-state index is 12.0. The molecule has 0 aliphatic rings. The highest BCUT2D eigenvalue weighted by Crippen LogP contribution is 2.14. The van der Waals surface area contributed by atoms with Crippen LogP contribution >= 0.6 is 0 Å². The number of hydrogen-bond donors (Lipinski definition) is 3. The van der Waals surface area contributed by atoms with E-state index in [2.05, 4.69) is 5.32 Å². The molecule has 1 aromatic carbocycles. The van der Waals surface area contributed by atoms with Crippen LogP contribution in [-0.2, 0) is 4.79 Å². The molecule has 2 atom stereocenters. The van der Waals surface area contributed by atoms with Gasteiger partial charge in [-0.05, 0) is 30.5 Å². The predicted molar refractivity (Wildman–Crippen MR) is 73.9 cm³/mol. The lowest BCUT2D eigenvalue weighted by Crippen LogP contribution is -2.45. The maximum atomic E-state index is 12.0. The van der Waals surface area contributed by atoms with Gasteiger partial charge in [-0.15, -0.1) is 0 Å². The van der Waals surface area contributed by atoms with Crippen LogP contribution in [0.3, 0.4) is 0 Å². The van der Waals surface area contributed by atoms with E-state index in [1.165, 1.54) is 0 Å². The van der Waals surface area contributed by atoms with Crippen molar-refractivity contribution < 1.29 is 14.7 Å². The van der Waals surface area contributed by atoms with Crippen LogP contribution in [0.1, 0.15) is 36.2 Å². The molecule has 0 fully saturated rings. The summed E-state index contributed by atoms with van der Waals surface area (Å²) in [4.78, 5) is 23.2. The molecular formula is C14H20N2O3. The molecule has 19 heavy (non-hydrogen) atoms. The van der Waals surface area contributed by atoms with Gasteiger partial charge in [0.25, 0.3) is 5.91 Å². The van der Waals surface area contributed by atoms with E-state index in [0.29, 0.717) is 17.7 Å². The van der Waals surface area contributed by atoms with Crippen LogP contribution < -0.4 is 11.1 Å². The van der Waals surface area contributed by atoms with Crippen LogP contribution in [-0.4, -0.2) is 23.0 Å². The van der Waals surface area contributed by atoms with E-state index in [1.807, 2.05) is 13.8 Å². The molecule has 104 valence electrons. The third-order valence-corrected chi connectivity index (χ3v) is 3.31. The first-order chi connectivity index (χ1) is 8.86. The second kappa shape index (κ2) is 6.22. The summed E-state index contributed by atoms with van der Waals surface area (Å²) in [5.41, 5.74) is 7.51. The fourth-order valence-corrected chi connectivity index (χ4v) is 1.69. The molecule has 5 nitrogen and oxygen atoms in total. The molecule has 0 saturated carbocycles. The normalized spacial score (nSPS) is 13.6. The highest BCUT2D eigenvalue weighted by molar-refractivity contribution is 5.97. The fraction of sp³-hybridized carbons (Fsp3) is 0.429. The van der Waals surface area contributed by atoms with Crippen LogP contribution in [0.25, 0.3) is 0 Å². The lowest BCUT2D eigenvalue weighted by Gasteiger charge is -2.20. The van der Waals surface area contributed by atoms with Crippen LogP contribution in [0, 0.1) is 12.8 Å². The highest BCUT2D eigenvalue weighted by atomic mass is 16.4. The van der Waals surface area contributed by atoms with E-state index >= 15 is 0 Å². The Bertz CT molecular complexity index is 486. The largest absolute Gasteiger partial charge is 0.480 e. The smallest absolute Gasteiger partial charge is 0.326 e. The molecule has 0 aliphatic heterocycles. The van der Waals surface area contributed by atoms with Gasteiger partial charge in [-0.3, -0.25) is 4.79 Å². The van der Waals surface area contributed by atoms with Crippen molar-refractivity contribution >= 4 is 17.6 Å². The summed E-state index contributed by atoms with van der Waals surface area (Å²) in [6.07, 6.45) is 0.674. The summed E-state index contributed by atoms with van der Waals surface area (Å²) in [6, 6.07) is 4.04. The summed E-state index contributed by atoms with van der Waals surface area (Å²) in [7, 11) is 0. The molecule has 2 unspecified atom stereocenters. The number of nitrogens with two attached hydrogens (primary N) is 1.